The van der Waals surface area contributed by atoms with Crippen LogP contribution in [0.15, 0.2) is 78.9 Å². The molecule has 2 aliphatic heterocycles. The van der Waals surface area contributed by atoms with Crippen LogP contribution >= 0.6 is 0 Å². The molecule has 1 fully saturated rings. The summed E-state index contributed by atoms with van der Waals surface area (Å²) < 4.78 is 0. The number of quaternary nitrogens is 1. The average Bonchev–Trinajstić information content (AvgIpc) is 2.85. The van der Waals surface area contributed by atoms with Crippen molar-refractivity contribution >= 4 is 11.6 Å². The molecule has 0 aliphatic carbocycles. The van der Waals surface area contributed by atoms with Gasteiger partial charge in [-0.25, -0.2) is 0 Å². The number of nitrogens with one attached hydrogen (secondary N) is 1. The van der Waals surface area contributed by atoms with Gasteiger partial charge in [0.15, 0.2) is 0 Å². The molecule has 5 rings (SSSR count). The second kappa shape index (κ2) is 8.94. The molecule has 158 valence electrons. The van der Waals surface area contributed by atoms with Crippen molar-refractivity contribution in [2.75, 3.05) is 37.6 Å². The monoisotopic (exact) mass is 412 g/mol. The van der Waals surface area contributed by atoms with E-state index in [1.807, 2.05) is 23.1 Å². The summed E-state index contributed by atoms with van der Waals surface area (Å²) >= 11 is 0. The van der Waals surface area contributed by atoms with Crippen molar-refractivity contribution in [2.24, 2.45) is 0 Å². The Morgan fingerprint density at radius 3 is 2.19 bits per heavy atom. The largest absolute Gasteiger partial charge is 0.368 e. The Hall–Kier alpha value is -3.11. The minimum atomic E-state index is 0.151. The van der Waals surface area contributed by atoms with Crippen LogP contribution in [0.5, 0.6) is 0 Å². The molecule has 4 heteroatoms. The summed E-state index contributed by atoms with van der Waals surface area (Å²) in [6.07, 6.45) is 1.15. The SMILES string of the molecule is O=C(c1ccc(C[NH+]2CCc3ccccc3C2)cc1)N1CCN(c2ccccc2)CC1. The topological polar surface area (TPSA) is 28.0 Å². The number of rotatable bonds is 4. The maximum atomic E-state index is 13.0. The molecule has 0 aromatic heterocycles. The van der Waals surface area contributed by atoms with Gasteiger partial charge in [0, 0.05) is 55.0 Å². The van der Waals surface area contributed by atoms with E-state index in [2.05, 4.69) is 65.6 Å². The van der Waals surface area contributed by atoms with Crippen LogP contribution in [0.1, 0.15) is 27.0 Å². The molecule has 0 bridgehead atoms. The molecule has 0 saturated carbocycles. The van der Waals surface area contributed by atoms with Gasteiger partial charge in [-0.05, 0) is 29.8 Å². The number of carbonyl (C=O) groups excluding carboxylic acids is 1. The van der Waals surface area contributed by atoms with Crippen LogP contribution < -0.4 is 9.80 Å². The molecule has 1 amide bonds. The zero-order valence-electron chi connectivity index (χ0n) is 18.0. The van der Waals surface area contributed by atoms with E-state index in [0.29, 0.717) is 0 Å². The second-order valence-electron chi connectivity index (χ2n) is 8.68. The number of amides is 1. The summed E-state index contributed by atoms with van der Waals surface area (Å²) in [7, 11) is 0. The van der Waals surface area contributed by atoms with Gasteiger partial charge in [-0.3, -0.25) is 4.79 Å². The number of para-hydroxylation sites is 1. The third kappa shape index (κ3) is 4.49. The average molecular weight is 413 g/mol. The Labute approximate surface area is 184 Å². The van der Waals surface area contributed by atoms with Gasteiger partial charge in [0.2, 0.25) is 0 Å². The van der Waals surface area contributed by atoms with Crippen LogP contribution in [0.3, 0.4) is 0 Å². The second-order valence-corrected chi connectivity index (χ2v) is 8.68. The highest BCUT2D eigenvalue weighted by Crippen LogP contribution is 2.17. The van der Waals surface area contributed by atoms with Gasteiger partial charge in [-0.1, -0.05) is 54.6 Å². The van der Waals surface area contributed by atoms with Gasteiger partial charge in [0.05, 0.1) is 6.54 Å². The van der Waals surface area contributed by atoms with Gasteiger partial charge in [0.25, 0.3) is 5.91 Å². The van der Waals surface area contributed by atoms with Gasteiger partial charge >= 0.3 is 0 Å². The molecular formula is C27H30N3O+. The molecule has 4 nitrogen and oxygen atoms in total. The lowest BCUT2D eigenvalue weighted by atomic mass is 9.99. The predicted molar refractivity (Wildman–Crippen MR) is 124 cm³/mol. The minimum absolute atomic E-state index is 0.151. The van der Waals surface area contributed by atoms with Crippen molar-refractivity contribution in [1.82, 2.24) is 4.90 Å². The van der Waals surface area contributed by atoms with E-state index in [0.717, 1.165) is 51.3 Å². The zero-order chi connectivity index (χ0) is 21.0. The summed E-state index contributed by atoms with van der Waals surface area (Å²) in [5, 5.41) is 0. The van der Waals surface area contributed by atoms with E-state index in [9.17, 15) is 4.79 Å². The number of hydrogen-bond donors (Lipinski definition) is 1. The quantitative estimate of drug-likeness (QED) is 0.714. The molecule has 2 heterocycles. The predicted octanol–water partition coefficient (Wildman–Crippen LogP) is 2.79. The molecule has 3 aromatic carbocycles. The Kier molecular flexibility index (Phi) is 5.72. The lowest BCUT2D eigenvalue weighted by Gasteiger charge is -2.36. The molecule has 3 aromatic rings. The first-order valence-corrected chi connectivity index (χ1v) is 11.3. The summed E-state index contributed by atoms with van der Waals surface area (Å²) in [4.78, 5) is 18.9. The number of piperazine rings is 1. The Balaban J connectivity index is 1.16. The fraction of sp³-hybridized carbons (Fsp3) is 0.296. The third-order valence-corrected chi connectivity index (χ3v) is 6.65. The summed E-state index contributed by atoms with van der Waals surface area (Å²) in [5.74, 6) is 0.151. The fourth-order valence-corrected chi connectivity index (χ4v) is 4.84. The Bertz CT molecular complexity index is 1020. The van der Waals surface area contributed by atoms with Crippen molar-refractivity contribution in [3.63, 3.8) is 0 Å². The molecule has 1 N–H and O–H groups in total. The molecular weight excluding hydrogens is 382 g/mol. The molecule has 2 aliphatic rings. The Morgan fingerprint density at radius 1 is 0.774 bits per heavy atom. The van der Waals surface area contributed by atoms with E-state index < -0.39 is 0 Å². The lowest BCUT2D eigenvalue weighted by molar-refractivity contribution is -0.929. The van der Waals surface area contributed by atoms with E-state index in [-0.39, 0.29) is 5.91 Å². The smallest absolute Gasteiger partial charge is 0.253 e. The first-order chi connectivity index (χ1) is 15.3. The number of nitrogens with zero attached hydrogens (tertiary/aromatic N) is 2. The summed E-state index contributed by atoms with van der Waals surface area (Å²) in [6.45, 7) is 6.57. The van der Waals surface area contributed by atoms with Gasteiger partial charge in [-0.15, -0.1) is 0 Å². The van der Waals surface area contributed by atoms with E-state index in [1.165, 1.54) is 28.9 Å². The van der Waals surface area contributed by atoms with Crippen LogP contribution in [0.25, 0.3) is 0 Å². The maximum Gasteiger partial charge on any atom is 0.253 e. The van der Waals surface area contributed by atoms with Crippen molar-refractivity contribution in [3.05, 3.63) is 101 Å². The van der Waals surface area contributed by atoms with Crippen LogP contribution in [0.4, 0.5) is 5.69 Å². The lowest BCUT2D eigenvalue weighted by Crippen LogP contribution is -3.10. The minimum Gasteiger partial charge on any atom is -0.368 e. The summed E-state index contributed by atoms with van der Waals surface area (Å²) in [6, 6.07) is 27.6. The zero-order valence-corrected chi connectivity index (χ0v) is 18.0. The standard InChI is InChI=1S/C27H29N3O/c31-27(30-18-16-29(17-19-30)26-8-2-1-3-9-26)24-12-10-22(11-13-24)20-28-15-14-23-6-4-5-7-25(23)21-28/h1-13H,14-21H2/p+1. The first-order valence-electron chi connectivity index (χ1n) is 11.3. The fourth-order valence-electron chi connectivity index (χ4n) is 4.84. The number of fused-ring (bicyclic) bond motifs is 1. The van der Waals surface area contributed by atoms with Crippen molar-refractivity contribution in [1.29, 1.82) is 0 Å². The van der Waals surface area contributed by atoms with Crippen molar-refractivity contribution in [3.8, 4) is 0 Å². The Morgan fingerprint density at radius 2 is 1.45 bits per heavy atom. The third-order valence-electron chi connectivity index (χ3n) is 6.65. The van der Waals surface area contributed by atoms with Crippen molar-refractivity contribution in [2.45, 2.75) is 19.5 Å². The van der Waals surface area contributed by atoms with Gasteiger partial charge in [-0.2, -0.15) is 0 Å². The molecule has 0 radical (unpaired) electrons. The molecule has 0 spiro atoms. The highest BCUT2D eigenvalue weighted by molar-refractivity contribution is 5.94. The van der Waals surface area contributed by atoms with Gasteiger partial charge in [0.1, 0.15) is 13.1 Å². The molecule has 31 heavy (non-hydrogen) atoms. The normalized spacial score (nSPS) is 18.5. The number of hydrogen-bond acceptors (Lipinski definition) is 2. The van der Waals surface area contributed by atoms with Gasteiger partial charge < -0.3 is 14.7 Å². The van der Waals surface area contributed by atoms with Crippen LogP contribution in [0.2, 0.25) is 0 Å². The van der Waals surface area contributed by atoms with Crippen LogP contribution in [-0.2, 0) is 19.5 Å². The highest BCUT2D eigenvalue weighted by atomic mass is 16.2. The highest BCUT2D eigenvalue weighted by Gasteiger charge is 2.23. The number of anilines is 1. The van der Waals surface area contributed by atoms with Crippen LogP contribution in [0, 0.1) is 0 Å². The first kappa shape index (κ1) is 19.8. The molecule has 1 atom stereocenters. The van der Waals surface area contributed by atoms with Crippen molar-refractivity contribution < 1.29 is 9.69 Å². The molecule has 1 saturated heterocycles. The van der Waals surface area contributed by atoms with Crippen LogP contribution in [-0.4, -0.2) is 43.5 Å². The molecule has 1 unspecified atom stereocenters. The van der Waals surface area contributed by atoms with E-state index in [1.54, 1.807) is 4.90 Å². The number of benzene rings is 3. The summed E-state index contributed by atoms with van der Waals surface area (Å²) in [5.41, 5.74) is 6.32. The number of carbonyl (C=O) groups is 1. The van der Waals surface area contributed by atoms with E-state index >= 15 is 0 Å². The van der Waals surface area contributed by atoms with E-state index in [4.69, 9.17) is 0 Å². The maximum absolute atomic E-state index is 13.0.